The van der Waals surface area contributed by atoms with Gasteiger partial charge in [0.05, 0.1) is 5.52 Å². The molecule has 3 aromatic rings. The molecule has 0 atom stereocenters. The molecular weight excluding hydrogens is 430 g/mol. The summed E-state index contributed by atoms with van der Waals surface area (Å²) in [7, 11) is 2.10. The third-order valence-corrected chi connectivity index (χ3v) is 5.45. The van der Waals surface area contributed by atoms with Crippen LogP contribution < -0.4 is 10.6 Å². The first-order valence-electron chi connectivity index (χ1n) is 9.53. The summed E-state index contributed by atoms with van der Waals surface area (Å²) < 4.78 is 0.982. The van der Waals surface area contributed by atoms with E-state index in [0.29, 0.717) is 5.82 Å². The first-order chi connectivity index (χ1) is 14.1. The fraction of sp³-hybridized carbons (Fsp3) is 0.227. The summed E-state index contributed by atoms with van der Waals surface area (Å²) in [6, 6.07) is 13.5. The fourth-order valence-corrected chi connectivity index (χ4v) is 3.75. The van der Waals surface area contributed by atoms with E-state index in [1.165, 1.54) is 11.9 Å². The second kappa shape index (κ2) is 8.71. The second-order valence-corrected chi connectivity index (χ2v) is 8.10. The molecule has 148 valence electrons. The molecule has 0 spiro atoms. The number of rotatable bonds is 4. The monoisotopic (exact) mass is 451 g/mol. The van der Waals surface area contributed by atoms with E-state index < -0.39 is 0 Å². The van der Waals surface area contributed by atoms with Crippen molar-refractivity contribution in [2.75, 3.05) is 30.8 Å². The lowest BCUT2D eigenvalue weighted by Gasteiger charge is -2.23. The molecule has 1 fully saturated rings. The van der Waals surface area contributed by atoms with Gasteiger partial charge in [-0.3, -0.25) is 4.79 Å². The molecular formula is C22H22BrN5O. The molecule has 1 saturated heterocycles. The minimum Gasteiger partial charge on any atom is -0.340 e. The van der Waals surface area contributed by atoms with Gasteiger partial charge in [0.2, 0.25) is 5.91 Å². The van der Waals surface area contributed by atoms with Crippen LogP contribution in [-0.2, 0) is 4.79 Å². The van der Waals surface area contributed by atoms with Crippen LogP contribution in [0.5, 0.6) is 0 Å². The SMILES string of the molecule is CN1CCC(=CC(=O)Nc2ccc3ncnc(Nc4cccc(Br)c4)c3c2)CC1. The van der Waals surface area contributed by atoms with Gasteiger partial charge in [0.25, 0.3) is 0 Å². The molecule has 0 radical (unpaired) electrons. The van der Waals surface area contributed by atoms with E-state index in [0.717, 1.165) is 52.7 Å². The topological polar surface area (TPSA) is 70.2 Å². The summed E-state index contributed by atoms with van der Waals surface area (Å²) in [5.41, 5.74) is 3.64. The van der Waals surface area contributed by atoms with Gasteiger partial charge in [-0.25, -0.2) is 9.97 Å². The molecule has 1 aromatic heterocycles. The number of hydrogen-bond donors (Lipinski definition) is 2. The van der Waals surface area contributed by atoms with Crippen LogP contribution in [0.1, 0.15) is 12.8 Å². The molecule has 29 heavy (non-hydrogen) atoms. The number of anilines is 3. The lowest BCUT2D eigenvalue weighted by Crippen LogP contribution is -2.26. The van der Waals surface area contributed by atoms with Crippen molar-refractivity contribution in [3.63, 3.8) is 0 Å². The van der Waals surface area contributed by atoms with Crippen molar-refractivity contribution < 1.29 is 4.79 Å². The Morgan fingerprint density at radius 1 is 1.10 bits per heavy atom. The molecule has 2 N–H and O–H groups in total. The van der Waals surface area contributed by atoms with Crippen LogP contribution in [0.3, 0.4) is 0 Å². The van der Waals surface area contributed by atoms with Gasteiger partial charge in [0, 0.05) is 40.4 Å². The standard InChI is InChI=1S/C22H22BrN5O/c1-28-9-7-15(8-10-28)11-21(29)26-18-5-6-20-19(13-18)22(25-14-24-20)27-17-4-2-3-16(23)12-17/h2-6,11-14H,7-10H2,1H3,(H,26,29)(H,24,25,27). The smallest absolute Gasteiger partial charge is 0.248 e. The van der Waals surface area contributed by atoms with E-state index in [4.69, 9.17) is 0 Å². The Morgan fingerprint density at radius 3 is 2.72 bits per heavy atom. The summed E-state index contributed by atoms with van der Waals surface area (Å²) in [5.74, 6) is 0.597. The summed E-state index contributed by atoms with van der Waals surface area (Å²) in [4.78, 5) is 23.5. The number of carbonyl (C=O) groups is 1. The number of aromatic nitrogens is 2. The number of likely N-dealkylation sites (tertiary alicyclic amines) is 1. The van der Waals surface area contributed by atoms with Crippen molar-refractivity contribution in [3.05, 3.63) is 64.9 Å². The Kier molecular flexibility index (Phi) is 5.87. The zero-order valence-corrected chi connectivity index (χ0v) is 17.7. The molecule has 0 saturated carbocycles. The van der Waals surface area contributed by atoms with E-state index in [-0.39, 0.29) is 5.91 Å². The Hall–Kier alpha value is -2.77. The number of benzene rings is 2. The minimum atomic E-state index is -0.0951. The predicted octanol–water partition coefficient (Wildman–Crippen LogP) is 4.73. The summed E-state index contributed by atoms with van der Waals surface area (Å²) in [6.45, 7) is 1.99. The Morgan fingerprint density at radius 2 is 1.93 bits per heavy atom. The van der Waals surface area contributed by atoms with Gasteiger partial charge in [0.15, 0.2) is 0 Å². The van der Waals surface area contributed by atoms with Crippen LogP contribution >= 0.6 is 15.9 Å². The lowest BCUT2D eigenvalue weighted by atomic mass is 10.0. The van der Waals surface area contributed by atoms with Crippen LogP contribution in [0.4, 0.5) is 17.2 Å². The quantitative estimate of drug-likeness (QED) is 0.561. The number of carbonyl (C=O) groups excluding carboxylic acids is 1. The summed E-state index contributed by atoms with van der Waals surface area (Å²) >= 11 is 3.48. The number of nitrogens with zero attached hydrogens (tertiary/aromatic N) is 3. The highest BCUT2D eigenvalue weighted by Crippen LogP contribution is 2.27. The maximum Gasteiger partial charge on any atom is 0.248 e. The van der Waals surface area contributed by atoms with Crippen molar-refractivity contribution in [1.29, 1.82) is 0 Å². The van der Waals surface area contributed by atoms with Crippen molar-refractivity contribution >= 4 is 49.9 Å². The van der Waals surface area contributed by atoms with E-state index >= 15 is 0 Å². The predicted molar refractivity (Wildman–Crippen MR) is 120 cm³/mol. The van der Waals surface area contributed by atoms with Crippen LogP contribution in [0.15, 0.2) is 64.9 Å². The van der Waals surface area contributed by atoms with Gasteiger partial charge >= 0.3 is 0 Å². The number of nitrogens with one attached hydrogen (secondary N) is 2. The average Bonchev–Trinajstić information content (AvgIpc) is 2.70. The number of halogens is 1. The molecule has 4 rings (SSSR count). The largest absolute Gasteiger partial charge is 0.340 e. The molecule has 6 nitrogen and oxygen atoms in total. The number of piperidine rings is 1. The third kappa shape index (κ3) is 4.99. The van der Waals surface area contributed by atoms with Crippen LogP contribution in [0.2, 0.25) is 0 Å². The molecule has 2 heterocycles. The van der Waals surface area contributed by atoms with Gasteiger partial charge in [-0.15, -0.1) is 0 Å². The summed E-state index contributed by atoms with van der Waals surface area (Å²) in [6.07, 6.45) is 5.15. The summed E-state index contributed by atoms with van der Waals surface area (Å²) in [5, 5.41) is 7.15. The zero-order valence-electron chi connectivity index (χ0n) is 16.2. The van der Waals surface area contributed by atoms with E-state index in [9.17, 15) is 4.79 Å². The molecule has 1 amide bonds. The van der Waals surface area contributed by atoms with E-state index in [1.807, 2.05) is 42.5 Å². The van der Waals surface area contributed by atoms with Crippen LogP contribution in [0.25, 0.3) is 10.9 Å². The Bertz CT molecular complexity index is 1070. The highest BCUT2D eigenvalue weighted by molar-refractivity contribution is 9.10. The maximum atomic E-state index is 12.5. The van der Waals surface area contributed by atoms with Crippen molar-refractivity contribution in [2.24, 2.45) is 0 Å². The van der Waals surface area contributed by atoms with Crippen molar-refractivity contribution in [2.45, 2.75) is 12.8 Å². The van der Waals surface area contributed by atoms with Gasteiger partial charge in [-0.05, 0) is 56.3 Å². The number of amides is 1. The normalized spacial score (nSPS) is 14.6. The number of hydrogen-bond acceptors (Lipinski definition) is 5. The molecule has 1 aliphatic heterocycles. The third-order valence-electron chi connectivity index (χ3n) is 4.95. The molecule has 0 aliphatic carbocycles. The van der Waals surface area contributed by atoms with E-state index in [2.05, 4.69) is 48.5 Å². The second-order valence-electron chi connectivity index (χ2n) is 7.18. The first-order valence-corrected chi connectivity index (χ1v) is 10.3. The molecule has 0 unspecified atom stereocenters. The zero-order chi connectivity index (χ0) is 20.2. The van der Waals surface area contributed by atoms with E-state index in [1.54, 1.807) is 6.08 Å². The molecule has 2 aromatic carbocycles. The highest BCUT2D eigenvalue weighted by atomic mass is 79.9. The number of fused-ring (bicyclic) bond motifs is 1. The van der Waals surface area contributed by atoms with Gasteiger partial charge in [-0.2, -0.15) is 0 Å². The maximum absolute atomic E-state index is 12.5. The Labute approximate surface area is 178 Å². The van der Waals surface area contributed by atoms with Crippen LogP contribution in [-0.4, -0.2) is 40.9 Å². The minimum absolute atomic E-state index is 0.0951. The lowest BCUT2D eigenvalue weighted by molar-refractivity contribution is -0.112. The first kappa shape index (κ1) is 19.5. The van der Waals surface area contributed by atoms with Crippen molar-refractivity contribution in [1.82, 2.24) is 14.9 Å². The highest BCUT2D eigenvalue weighted by Gasteiger charge is 2.12. The van der Waals surface area contributed by atoms with Crippen molar-refractivity contribution in [3.8, 4) is 0 Å². The van der Waals surface area contributed by atoms with Gasteiger partial charge < -0.3 is 15.5 Å². The molecule has 0 bridgehead atoms. The fourth-order valence-electron chi connectivity index (χ4n) is 3.35. The van der Waals surface area contributed by atoms with Crippen LogP contribution in [0, 0.1) is 0 Å². The average molecular weight is 452 g/mol. The van der Waals surface area contributed by atoms with Gasteiger partial charge in [-0.1, -0.05) is 27.6 Å². The molecule has 7 heteroatoms. The van der Waals surface area contributed by atoms with Gasteiger partial charge in [0.1, 0.15) is 12.1 Å². The Balaban J connectivity index is 1.55. The molecule has 1 aliphatic rings.